The molecule has 2 aromatic carbocycles. The van der Waals surface area contributed by atoms with Crippen molar-refractivity contribution in [2.24, 2.45) is 4.99 Å². The van der Waals surface area contributed by atoms with Crippen LogP contribution < -0.4 is 9.47 Å². The van der Waals surface area contributed by atoms with Crippen LogP contribution in [0.3, 0.4) is 0 Å². The molecule has 0 saturated carbocycles. The fourth-order valence-corrected chi connectivity index (χ4v) is 3.03. The molecule has 0 aromatic heterocycles. The number of hydrogen-bond acceptors (Lipinski definition) is 5. The Bertz CT molecular complexity index is 972. The summed E-state index contributed by atoms with van der Waals surface area (Å²) in [6.07, 6.45) is 1.47. The van der Waals surface area contributed by atoms with E-state index < -0.39 is 17.6 Å². The van der Waals surface area contributed by atoms with Gasteiger partial charge in [0.25, 0.3) is 0 Å². The van der Waals surface area contributed by atoms with E-state index in [1.165, 1.54) is 13.2 Å². The Morgan fingerprint density at radius 2 is 2.04 bits per heavy atom. The number of cyclic esters (lactones) is 1. The van der Waals surface area contributed by atoms with E-state index in [-0.39, 0.29) is 17.2 Å². The lowest BCUT2D eigenvalue weighted by molar-refractivity contribution is -0.129. The van der Waals surface area contributed by atoms with Crippen LogP contribution in [0.4, 0.5) is 8.78 Å². The van der Waals surface area contributed by atoms with Crippen LogP contribution in [0.15, 0.2) is 45.5 Å². The summed E-state index contributed by atoms with van der Waals surface area (Å²) in [6.45, 7) is 2.31. The third-order valence-electron chi connectivity index (χ3n) is 3.63. The molecule has 2 aromatic rings. The summed E-state index contributed by atoms with van der Waals surface area (Å²) in [5, 5.41) is 0. The maximum atomic E-state index is 13.9. The number of rotatable bonds is 5. The minimum Gasteiger partial charge on any atom is -0.493 e. The summed E-state index contributed by atoms with van der Waals surface area (Å²) in [5.41, 5.74) is 0.476. The van der Waals surface area contributed by atoms with Crippen LogP contribution in [0.5, 0.6) is 11.5 Å². The Morgan fingerprint density at radius 3 is 2.70 bits per heavy atom. The molecular formula is C19H14BrF2NO4. The molecule has 0 saturated heterocycles. The highest BCUT2D eigenvalue weighted by Crippen LogP contribution is 2.37. The van der Waals surface area contributed by atoms with Crippen molar-refractivity contribution in [3.8, 4) is 11.5 Å². The van der Waals surface area contributed by atoms with Crippen molar-refractivity contribution in [1.82, 2.24) is 0 Å². The zero-order valence-electron chi connectivity index (χ0n) is 14.4. The second-order valence-electron chi connectivity index (χ2n) is 5.43. The molecule has 0 aliphatic carbocycles. The van der Waals surface area contributed by atoms with Crippen molar-refractivity contribution in [1.29, 1.82) is 0 Å². The Morgan fingerprint density at radius 1 is 1.26 bits per heavy atom. The summed E-state index contributed by atoms with van der Waals surface area (Å²) in [4.78, 5) is 16.1. The van der Waals surface area contributed by atoms with Gasteiger partial charge >= 0.3 is 5.97 Å². The lowest BCUT2D eigenvalue weighted by Crippen LogP contribution is -2.07. The predicted molar refractivity (Wildman–Crippen MR) is 98.8 cm³/mol. The minimum atomic E-state index is -0.867. The lowest BCUT2D eigenvalue weighted by Gasteiger charge is -2.12. The first-order valence-electron chi connectivity index (χ1n) is 7.91. The second-order valence-corrected chi connectivity index (χ2v) is 6.28. The van der Waals surface area contributed by atoms with Gasteiger partial charge in [-0.15, -0.1) is 0 Å². The van der Waals surface area contributed by atoms with Crippen LogP contribution in [-0.2, 0) is 9.53 Å². The molecule has 5 nitrogen and oxygen atoms in total. The van der Waals surface area contributed by atoms with Crippen molar-refractivity contribution >= 4 is 33.9 Å². The summed E-state index contributed by atoms with van der Waals surface area (Å²) in [6, 6.07) is 6.31. The van der Waals surface area contributed by atoms with Crippen molar-refractivity contribution in [3.63, 3.8) is 0 Å². The molecule has 0 radical (unpaired) electrons. The number of aliphatic imine (C=N–C) groups is 1. The molecule has 27 heavy (non-hydrogen) atoms. The maximum Gasteiger partial charge on any atom is 0.363 e. The predicted octanol–water partition coefficient (Wildman–Crippen LogP) is 4.48. The molecule has 3 rings (SSSR count). The molecule has 0 N–H and O–H groups in total. The zero-order valence-corrected chi connectivity index (χ0v) is 16.0. The number of hydrogen-bond donors (Lipinski definition) is 0. The van der Waals surface area contributed by atoms with Gasteiger partial charge in [0.05, 0.1) is 23.8 Å². The molecular weight excluding hydrogens is 424 g/mol. The van der Waals surface area contributed by atoms with Crippen LogP contribution in [0.1, 0.15) is 18.1 Å². The highest BCUT2D eigenvalue weighted by Gasteiger charge is 2.26. The van der Waals surface area contributed by atoms with Crippen LogP contribution in [0.25, 0.3) is 6.08 Å². The van der Waals surface area contributed by atoms with E-state index in [0.717, 1.165) is 12.1 Å². The topological polar surface area (TPSA) is 57.1 Å². The van der Waals surface area contributed by atoms with E-state index in [1.807, 2.05) is 6.92 Å². The molecule has 1 aliphatic heterocycles. The van der Waals surface area contributed by atoms with E-state index in [0.29, 0.717) is 34.2 Å². The van der Waals surface area contributed by atoms with Crippen LogP contribution >= 0.6 is 15.9 Å². The molecule has 0 bridgehead atoms. The molecule has 0 atom stereocenters. The van der Waals surface area contributed by atoms with E-state index in [1.54, 1.807) is 12.1 Å². The van der Waals surface area contributed by atoms with Gasteiger partial charge in [-0.3, -0.25) is 0 Å². The lowest BCUT2D eigenvalue weighted by atomic mass is 10.1. The smallest absolute Gasteiger partial charge is 0.363 e. The quantitative estimate of drug-likeness (QED) is 0.511. The number of methoxy groups -OCH3 is 1. The van der Waals surface area contributed by atoms with Gasteiger partial charge in [0, 0.05) is 6.07 Å². The first-order chi connectivity index (χ1) is 12.9. The van der Waals surface area contributed by atoms with Gasteiger partial charge < -0.3 is 14.2 Å². The van der Waals surface area contributed by atoms with Gasteiger partial charge in [-0.25, -0.2) is 18.6 Å². The van der Waals surface area contributed by atoms with Crippen LogP contribution in [0, 0.1) is 11.6 Å². The first-order valence-corrected chi connectivity index (χ1v) is 8.70. The Kier molecular flexibility index (Phi) is 5.55. The zero-order chi connectivity index (χ0) is 19.6. The number of nitrogens with zero attached hydrogens (tertiary/aromatic N) is 1. The fourth-order valence-electron chi connectivity index (χ4n) is 2.45. The molecule has 0 amide bonds. The van der Waals surface area contributed by atoms with E-state index in [4.69, 9.17) is 14.2 Å². The molecule has 140 valence electrons. The summed E-state index contributed by atoms with van der Waals surface area (Å²) < 4.78 is 43.4. The van der Waals surface area contributed by atoms with E-state index in [9.17, 15) is 13.6 Å². The highest BCUT2D eigenvalue weighted by atomic mass is 79.9. The SMILES string of the molecule is CCOc1c(Br)cc(C=C2N=C(c3ccc(F)cc3F)OC2=O)cc1OC. The number of carbonyl (C=O) groups excluding carboxylic acids is 1. The molecule has 1 aliphatic rings. The van der Waals surface area contributed by atoms with Crippen molar-refractivity contribution in [2.45, 2.75) is 6.92 Å². The molecule has 0 unspecified atom stereocenters. The van der Waals surface area contributed by atoms with Gasteiger partial charge in [0.15, 0.2) is 17.2 Å². The van der Waals surface area contributed by atoms with Gasteiger partial charge in [-0.2, -0.15) is 0 Å². The Hall–Kier alpha value is -2.74. The molecule has 0 fully saturated rings. The van der Waals surface area contributed by atoms with Gasteiger partial charge in [-0.05, 0) is 58.8 Å². The van der Waals surface area contributed by atoms with Crippen molar-refractivity contribution < 1.29 is 27.8 Å². The highest BCUT2D eigenvalue weighted by molar-refractivity contribution is 9.10. The number of esters is 1. The minimum absolute atomic E-state index is 0.0214. The van der Waals surface area contributed by atoms with Gasteiger partial charge in [-0.1, -0.05) is 0 Å². The fraction of sp³-hybridized carbons (Fsp3) is 0.158. The van der Waals surface area contributed by atoms with Crippen LogP contribution in [0.2, 0.25) is 0 Å². The third-order valence-corrected chi connectivity index (χ3v) is 4.21. The first kappa shape index (κ1) is 19.0. The van der Waals surface area contributed by atoms with E-state index >= 15 is 0 Å². The number of benzene rings is 2. The second kappa shape index (κ2) is 7.87. The van der Waals surface area contributed by atoms with Gasteiger partial charge in [0.2, 0.25) is 5.90 Å². The summed E-state index contributed by atoms with van der Waals surface area (Å²) in [5.74, 6) is -1.55. The average molecular weight is 438 g/mol. The van der Waals surface area contributed by atoms with E-state index in [2.05, 4.69) is 20.9 Å². The average Bonchev–Trinajstić information content (AvgIpc) is 2.97. The van der Waals surface area contributed by atoms with Crippen molar-refractivity contribution in [2.75, 3.05) is 13.7 Å². The number of ether oxygens (including phenoxy) is 3. The standard InChI is InChI=1S/C19H14BrF2NO4/c1-3-26-17-13(20)6-10(8-16(17)25-2)7-15-19(24)27-18(23-15)12-5-4-11(21)9-14(12)22/h4-9H,3H2,1-2H3. The molecule has 8 heteroatoms. The largest absolute Gasteiger partial charge is 0.493 e. The normalized spacial score (nSPS) is 14.9. The summed E-state index contributed by atoms with van der Waals surface area (Å²) >= 11 is 3.40. The number of halogens is 3. The maximum absolute atomic E-state index is 13.9. The van der Waals surface area contributed by atoms with Crippen LogP contribution in [-0.4, -0.2) is 25.6 Å². The summed E-state index contributed by atoms with van der Waals surface area (Å²) in [7, 11) is 1.50. The molecule has 1 heterocycles. The number of carbonyl (C=O) groups is 1. The van der Waals surface area contributed by atoms with Crippen molar-refractivity contribution in [3.05, 3.63) is 63.3 Å². The molecule has 0 spiro atoms. The monoisotopic (exact) mass is 437 g/mol. The van der Waals surface area contributed by atoms with Gasteiger partial charge in [0.1, 0.15) is 11.6 Å². The Labute approximate surface area is 162 Å². The Balaban J connectivity index is 1.98. The third kappa shape index (κ3) is 4.00.